The maximum absolute atomic E-state index is 10.4. The Kier molecular flexibility index (Phi) is 16.4. The zero-order valence-electron chi connectivity index (χ0n) is 16.3. The molecule has 0 rings (SSSR count). The van der Waals surface area contributed by atoms with Crippen LogP contribution in [0.25, 0.3) is 0 Å². The van der Waals surface area contributed by atoms with Crippen molar-refractivity contribution in [3.63, 3.8) is 0 Å². The first-order valence-electron chi connectivity index (χ1n) is 10.2. The van der Waals surface area contributed by atoms with Crippen LogP contribution >= 0.6 is 0 Å². The highest BCUT2D eigenvalue weighted by atomic mass is 16.5. The van der Waals surface area contributed by atoms with Gasteiger partial charge >= 0.3 is 5.97 Å². The van der Waals surface area contributed by atoms with Crippen LogP contribution in [0, 0.1) is 0 Å². The third-order valence-corrected chi connectivity index (χ3v) is 4.63. The van der Waals surface area contributed by atoms with Gasteiger partial charge in [0.1, 0.15) is 0 Å². The summed E-state index contributed by atoms with van der Waals surface area (Å²) in [5.41, 5.74) is 0. The molecule has 3 N–H and O–H groups in total. The molecule has 0 aromatic heterocycles. The summed E-state index contributed by atoms with van der Waals surface area (Å²) in [6.07, 6.45) is 10.2. The van der Waals surface area contributed by atoms with Crippen molar-refractivity contribution in [1.82, 2.24) is 0 Å². The summed E-state index contributed by atoms with van der Waals surface area (Å²) in [6, 6.07) is 0. The first-order chi connectivity index (χ1) is 12.0. The Balaban J connectivity index is 3.79. The third kappa shape index (κ3) is 15.3. The van der Waals surface area contributed by atoms with Crippen molar-refractivity contribution in [2.75, 3.05) is 6.61 Å². The topological polar surface area (TPSA) is 87.0 Å². The molecule has 3 atom stereocenters. The van der Waals surface area contributed by atoms with Crippen molar-refractivity contribution in [1.29, 1.82) is 0 Å². The second kappa shape index (κ2) is 16.8. The summed E-state index contributed by atoms with van der Waals surface area (Å²) in [5.74, 6) is -0.726. The van der Waals surface area contributed by atoms with Gasteiger partial charge in [0.25, 0.3) is 0 Å². The van der Waals surface area contributed by atoms with E-state index < -0.39 is 12.1 Å². The number of unbranched alkanes of at least 4 members (excludes halogenated alkanes) is 6. The van der Waals surface area contributed by atoms with Gasteiger partial charge in [0.15, 0.2) is 0 Å². The molecule has 0 aliphatic heterocycles. The van der Waals surface area contributed by atoms with Crippen LogP contribution in [0.1, 0.15) is 97.3 Å². The minimum atomic E-state index is -0.726. The summed E-state index contributed by atoms with van der Waals surface area (Å²) in [5, 5.41) is 29.0. The van der Waals surface area contributed by atoms with E-state index in [0.717, 1.165) is 64.2 Å². The van der Waals surface area contributed by atoms with E-state index in [2.05, 4.69) is 6.92 Å². The van der Waals surface area contributed by atoms with Crippen LogP contribution in [-0.2, 0) is 9.53 Å². The van der Waals surface area contributed by atoms with Gasteiger partial charge in [0.2, 0.25) is 0 Å². The molecule has 0 aromatic carbocycles. The van der Waals surface area contributed by atoms with Crippen LogP contribution in [0.2, 0.25) is 0 Å². The molecule has 3 unspecified atom stereocenters. The molecule has 0 aliphatic carbocycles. The van der Waals surface area contributed by atoms with E-state index in [4.69, 9.17) is 9.84 Å². The fourth-order valence-corrected chi connectivity index (χ4v) is 3.08. The van der Waals surface area contributed by atoms with Crippen LogP contribution in [-0.4, -0.2) is 46.2 Å². The van der Waals surface area contributed by atoms with Crippen LogP contribution < -0.4 is 0 Å². The zero-order valence-corrected chi connectivity index (χ0v) is 16.3. The fourth-order valence-electron chi connectivity index (χ4n) is 3.08. The summed E-state index contributed by atoms with van der Waals surface area (Å²) in [4.78, 5) is 10.4. The second-order valence-corrected chi connectivity index (χ2v) is 6.99. The number of carboxylic acid groups (broad SMARTS) is 1. The van der Waals surface area contributed by atoms with Gasteiger partial charge in [0, 0.05) is 13.0 Å². The van der Waals surface area contributed by atoms with Gasteiger partial charge in [-0.25, -0.2) is 0 Å². The Hall–Kier alpha value is -0.650. The lowest BCUT2D eigenvalue weighted by Gasteiger charge is -2.24. The number of hydrogen-bond donors (Lipinski definition) is 3. The van der Waals surface area contributed by atoms with Crippen molar-refractivity contribution in [2.45, 2.75) is 116 Å². The van der Waals surface area contributed by atoms with Crippen LogP contribution in [0.5, 0.6) is 0 Å². The highest BCUT2D eigenvalue weighted by molar-refractivity contribution is 5.66. The first-order valence-corrected chi connectivity index (χ1v) is 10.2. The van der Waals surface area contributed by atoms with Crippen molar-refractivity contribution in [2.24, 2.45) is 0 Å². The Bertz CT molecular complexity index is 308. The fraction of sp³-hybridized carbons (Fsp3) is 0.950. The molecule has 0 heterocycles. The second-order valence-electron chi connectivity index (χ2n) is 6.99. The molecule has 25 heavy (non-hydrogen) atoms. The minimum Gasteiger partial charge on any atom is -0.481 e. The maximum Gasteiger partial charge on any atom is 0.303 e. The average Bonchev–Trinajstić information content (AvgIpc) is 2.57. The van der Waals surface area contributed by atoms with E-state index in [1.54, 1.807) is 0 Å². The van der Waals surface area contributed by atoms with E-state index in [1.165, 1.54) is 0 Å². The zero-order chi connectivity index (χ0) is 18.9. The molecule has 0 saturated carbocycles. The maximum atomic E-state index is 10.4. The van der Waals surface area contributed by atoms with Gasteiger partial charge in [-0.15, -0.1) is 0 Å². The van der Waals surface area contributed by atoms with Crippen molar-refractivity contribution in [3.05, 3.63) is 0 Å². The van der Waals surface area contributed by atoms with Gasteiger partial charge in [0.05, 0.1) is 18.3 Å². The first kappa shape index (κ1) is 24.4. The van der Waals surface area contributed by atoms with E-state index in [-0.39, 0.29) is 18.6 Å². The SMILES string of the molecule is CCCCCC(O)C(CCC(O)CCCCCCCC(=O)O)OCC. The van der Waals surface area contributed by atoms with Gasteiger partial charge in [-0.1, -0.05) is 51.9 Å². The predicted octanol–water partition coefficient (Wildman–Crippen LogP) is 4.29. The van der Waals surface area contributed by atoms with E-state index >= 15 is 0 Å². The molecule has 0 aliphatic rings. The van der Waals surface area contributed by atoms with Gasteiger partial charge < -0.3 is 20.1 Å². The highest BCUT2D eigenvalue weighted by Crippen LogP contribution is 2.17. The van der Waals surface area contributed by atoms with Crippen LogP contribution in [0.3, 0.4) is 0 Å². The molecule has 0 saturated heterocycles. The molecular weight excluding hydrogens is 320 g/mol. The summed E-state index contributed by atoms with van der Waals surface area (Å²) in [7, 11) is 0. The normalized spacial score (nSPS) is 15.0. The number of aliphatic carboxylic acids is 1. The molecule has 0 amide bonds. The van der Waals surface area contributed by atoms with E-state index in [9.17, 15) is 15.0 Å². The number of carbonyl (C=O) groups is 1. The van der Waals surface area contributed by atoms with Gasteiger partial charge in [-0.2, -0.15) is 0 Å². The van der Waals surface area contributed by atoms with Crippen LogP contribution in [0.15, 0.2) is 0 Å². The van der Waals surface area contributed by atoms with Gasteiger partial charge in [-0.05, 0) is 39.0 Å². The number of aliphatic hydroxyl groups excluding tert-OH is 2. The lowest BCUT2D eigenvalue weighted by molar-refractivity contribution is -0.137. The van der Waals surface area contributed by atoms with Crippen molar-refractivity contribution in [3.8, 4) is 0 Å². The largest absolute Gasteiger partial charge is 0.481 e. The Morgan fingerprint density at radius 2 is 1.48 bits per heavy atom. The summed E-state index contributed by atoms with van der Waals surface area (Å²) < 4.78 is 5.67. The number of rotatable bonds is 18. The molecule has 0 radical (unpaired) electrons. The standard InChI is InChI=1S/C20H40O5/c1-3-5-9-13-18(22)19(25-4-2)16-15-17(21)12-10-7-6-8-11-14-20(23)24/h17-19,21-22H,3-16H2,1-2H3,(H,23,24). The number of hydrogen-bond acceptors (Lipinski definition) is 4. The highest BCUT2D eigenvalue weighted by Gasteiger charge is 2.20. The molecule has 0 spiro atoms. The lowest BCUT2D eigenvalue weighted by atomic mass is 9.98. The Labute approximate surface area is 153 Å². The van der Waals surface area contributed by atoms with Gasteiger partial charge in [-0.3, -0.25) is 4.79 Å². The predicted molar refractivity (Wildman–Crippen MR) is 101 cm³/mol. The number of aliphatic hydroxyl groups is 2. The minimum absolute atomic E-state index is 0.174. The van der Waals surface area contributed by atoms with Crippen molar-refractivity contribution < 1.29 is 24.9 Å². The Morgan fingerprint density at radius 1 is 0.840 bits per heavy atom. The molecular formula is C20H40O5. The van der Waals surface area contributed by atoms with Crippen LogP contribution in [0.4, 0.5) is 0 Å². The van der Waals surface area contributed by atoms with E-state index in [1.807, 2.05) is 6.92 Å². The summed E-state index contributed by atoms with van der Waals surface area (Å²) >= 11 is 0. The lowest BCUT2D eigenvalue weighted by Crippen LogP contribution is -2.30. The molecule has 0 fully saturated rings. The summed E-state index contributed by atoms with van der Waals surface area (Å²) in [6.45, 7) is 4.67. The third-order valence-electron chi connectivity index (χ3n) is 4.63. The smallest absolute Gasteiger partial charge is 0.303 e. The number of carboxylic acids is 1. The van der Waals surface area contributed by atoms with Crippen molar-refractivity contribution >= 4 is 5.97 Å². The molecule has 5 heteroatoms. The number of ether oxygens (including phenoxy) is 1. The monoisotopic (exact) mass is 360 g/mol. The molecule has 0 aromatic rings. The molecule has 5 nitrogen and oxygen atoms in total. The quantitative estimate of drug-likeness (QED) is 0.317. The Morgan fingerprint density at radius 3 is 2.12 bits per heavy atom. The van der Waals surface area contributed by atoms with E-state index in [0.29, 0.717) is 19.4 Å². The average molecular weight is 361 g/mol. The molecule has 150 valence electrons. The molecule has 0 bridgehead atoms.